The summed E-state index contributed by atoms with van der Waals surface area (Å²) in [4.78, 5) is 15.9. The quantitative estimate of drug-likeness (QED) is 0.759. The van der Waals surface area contributed by atoms with Gasteiger partial charge in [0.25, 0.3) is 5.91 Å². The zero-order chi connectivity index (χ0) is 10.1. The Labute approximate surface area is 89.7 Å². The highest BCUT2D eigenvalue weighted by atomic mass is 35.5. The van der Waals surface area contributed by atoms with Gasteiger partial charge in [0.1, 0.15) is 5.15 Å². The van der Waals surface area contributed by atoms with Crippen molar-refractivity contribution in [1.82, 2.24) is 10.3 Å². The monoisotopic (exact) mass is 226 g/mol. The Morgan fingerprint density at radius 1 is 1.64 bits per heavy atom. The second-order valence-electron chi connectivity index (χ2n) is 2.70. The first kappa shape index (κ1) is 9.43. The minimum atomic E-state index is -0.0951. The molecule has 1 amide bonds. The molecule has 0 aliphatic heterocycles. The molecule has 0 aliphatic carbocycles. The van der Waals surface area contributed by atoms with E-state index in [4.69, 9.17) is 11.6 Å². The molecule has 0 bridgehead atoms. The van der Waals surface area contributed by atoms with Crippen molar-refractivity contribution >= 4 is 38.9 Å². The number of fused-ring (bicyclic) bond motifs is 1. The number of thiophene rings is 1. The number of nitrogens with one attached hydrogen (secondary N) is 1. The fraction of sp³-hybridized carbons (Fsp3) is 0.111. The molecule has 0 fully saturated rings. The molecule has 0 aromatic carbocycles. The van der Waals surface area contributed by atoms with Gasteiger partial charge in [-0.3, -0.25) is 4.79 Å². The second-order valence-corrected chi connectivity index (χ2v) is 4.15. The third-order valence-electron chi connectivity index (χ3n) is 1.85. The van der Waals surface area contributed by atoms with Gasteiger partial charge in [0.15, 0.2) is 0 Å². The van der Waals surface area contributed by atoms with Crippen LogP contribution in [0.25, 0.3) is 10.1 Å². The first-order valence-electron chi connectivity index (χ1n) is 3.98. The first-order chi connectivity index (χ1) is 6.72. The highest BCUT2D eigenvalue weighted by Gasteiger charge is 2.10. The molecular formula is C9H7ClN2OS. The number of nitrogens with zero attached hydrogens (tertiary/aromatic N) is 1. The normalized spacial score (nSPS) is 10.4. The molecule has 3 nitrogen and oxygen atoms in total. The smallest absolute Gasteiger partial charge is 0.261 e. The Balaban J connectivity index is 2.62. The third kappa shape index (κ3) is 1.47. The van der Waals surface area contributed by atoms with Crippen LogP contribution in [0.15, 0.2) is 18.3 Å². The third-order valence-corrected chi connectivity index (χ3v) is 3.25. The van der Waals surface area contributed by atoms with Gasteiger partial charge >= 0.3 is 0 Å². The number of carbonyl (C=O) groups is 1. The lowest BCUT2D eigenvalue weighted by Gasteiger charge is -1.90. The molecule has 2 aromatic heterocycles. The summed E-state index contributed by atoms with van der Waals surface area (Å²) in [5, 5.41) is 3.84. The van der Waals surface area contributed by atoms with Gasteiger partial charge in [-0.25, -0.2) is 4.98 Å². The second kappa shape index (κ2) is 3.55. The van der Waals surface area contributed by atoms with Crippen molar-refractivity contribution in [3.63, 3.8) is 0 Å². The molecular weight excluding hydrogens is 220 g/mol. The Kier molecular flexibility index (Phi) is 2.39. The summed E-state index contributed by atoms with van der Waals surface area (Å²) in [5.74, 6) is -0.0951. The van der Waals surface area contributed by atoms with Crippen molar-refractivity contribution in [1.29, 1.82) is 0 Å². The number of pyridine rings is 1. The van der Waals surface area contributed by atoms with Crippen molar-refractivity contribution in [3.05, 3.63) is 28.4 Å². The van der Waals surface area contributed by atoms with Gasteiger partial charge in [-0.15, -0.1) is 11.3 Å². The molecule has 0 radical (unpaired) electrons. The van der Waals surface area contributed by atoms with Crippen LogP contribution in [0.2, 0.25) is 5.15 Å². The Hall–Kier alpha value is -1.13. The van der Waals surface area contributed by atoms with Crippen LogP contribution in [0.4, 0.5) is 0 Å². The van der Waals surface area contributed by atoms with Crippen LogP contribution in [-0.4, -0.2) is 17.9 Å². The topological polar surface area (TPSA) is 42.0 Å². The number of amides is 1. The number of hydrogen-bond acceptors (Lipinski definition) is 3. The fourth-order valence-corrected chi connectivity index (χ4v) is 2.44. The lowest BCUT2D eigenvalue weighted by molar-refractivity contribution is 0.0967. The summed E-state index contributed by atoms with van der Waals surface area (Å²) in [6.45, 7) is 0. The van der Waals surface area contributed by atoms with Crippen LogP contribution in [0.3, 0.4) is 0 Å². The number of aromatic nitrogens is 1. The molecule has 0 saturated carbocycles. The van der Waals surface area contributed by atoms with E-state index in [2.05, 4.69) is 10.3 Å². The fourth-order valence-electron chi connectivity index (χ4n) is 1.17. The van der Waals surface area contributed by atoms with E-state index >= 15 is 0 Å². The lowest BCUT2D eigenvalue weighted by Crippen LogP contribution is -2.15. The number of carbonyl (C=O) groups excluding carboxylic acids is 1. The molecule has 14 heavy (non-hydrogen) atoms. The molecule has 0 saturated heterocycles. The van der Waals surface area contributed by atoms with Gasteiger partial charge in [-0.1, -0.05) is 11.6 Å². The average Bonchev–Trinajstić information content (AvgIpc) is 2.62. The minimum absolute atomic E-state index is 0.0951. The van der Waals surface area contributed by atoms with E-state index in [-0.39, 0.29) is 5.91 Å². The van der Waals surface area contributed by atoms with Crippen LogP contribution in [0, 0.1) is 0 Å². The van der Waals surface area contributed by atoms with Gasteiger partial charge in [-0.05, 0) is 12.1 Å². The predicted octanol–water partition coefficient (Wildman–Crippen LogP) is 2.31. The molecule has 0 atom stereocenters. The molecule has 0 unspecified atom stereocenters. The molecule has 2 heterocycles. The zero-order valence-corrected chi connectivity index (χ0v) is 8.95. The molecule has 5 heteroatoms. The van der Waals surface area contributed by atoms with Gasteiger partial charge < -0.3 is 5.32 Å². The van der Waals surface area contributed by atoms with Crippen LogP contribution in [-0.2, 0) is 0 Å². The van der Waals surface area contributed by atoms with E-state index < -0.39 is 0 Å². The summed E-state index contributed by atoms with van der Waals surface area (Å²) < 4.78 is 0.976. The Morgan fingerprint density at radius 2 is 2.43 bits per heavy atom. The average molecular weight is 227 g/mol. The number of hydrogen-bond donors (Lipinski definition) is 1. The summed E-state index contributed by atoms with van der Waals surface area (Å²) in [5.41, 5.74) is 0. The predicted molar refractivity (Wildman–Crippen MR) is 58.0 cm³/mol. The van der Waals surface area contributed by atoms with Gasteiger partial charge in [0, 0.05) is 23.3 Å². The van der Waals surface area contributed by atoms with Crippen LogP contribution in [0.1, 0.15) is 9.67 Å². The Morgan fingerprint density at radius 3 is 3.07 bits per heavy atom. The number of halogens is 1. The molecule has 2 aromatic rings. The van der Waals surface area contributed by atoms with E-state index in [1.807, 2.05) is 6.07 Å². The highest BCUT2D eigenvalue weighted by molar-refractivity contribution is 7.20. The highest BCUT2D eigenvalue weighted by Crippen LogP contribution is 2.29. The number of rotatable bonds is 1. The van der Waals surface area contributed by atoms with E-state index in [1.54, 1.807) is 19.3 Å². The maximum Gasteiger partial charge on any atom is 0.261 e. The Bertz CT molecular complexity index is 495. The van der Waals surface area contributed by atoms with E-state index in [9.17, 15) is 4.79 Å². The summed E-state index contributed by atoms with van der Waals surface area (Å²) >= 11 is 7.29. The van der Waals surface area contributed by atoms with E-state index in [0.29, 0.717) is 10.0 Å². The van der Waals surface area contributed by atoms with Crippen molar-refractivity contribution in [3.8, 4) is 0 Å². The molecule has 0 spiro atoms. The maximum atomic E-state index is 11.3. The van der Waals surface area contributed by atoms with Crippen LogP contribution < -0.4 is 5.32 Å². The van der Waals surface area contributed by atoms with E-state index in [0.717, 1.165) is 10.1 Å². The van der Waals surface area contributed by atoms with Crippen molar-refractivity contribution in [2.24, 2.45) is 0 Å². The van der Waals surface area contributed by atoms with Crippen LogP contribution >= 0.6 is 22.9 Å². The van der Waals surface area contributed by atoms with Crippen LogP contribution in [0.5, 0.6) is 0 Å². The van der Waals surface area contributed by atoms with Gasteiger partial charge in [-0.2, -0.15) is 0 Å². The largest absolute Gasteiger partial charge is 0.354 e. The first-order valence-corrected chi connectivity index (χ1v) is 5.18. The van der Waals surface area contributed by atoms with Gasteiger partial charge in [0.05, 0.1) is 4.88 Å². The lowest BCUT2D eigenvalue weighted by atomic mass is 10.3. The SMILES string of the molecule is CNC(=O)c1cc2c(Cl)nccc2s1. The minimum Gasteiger partial charge on any atom is -0.354 e. The zero-order valence-electron chi connectivity index (χ0n) is 7.37. The molecule has 2 rings (SSSR count). The van der Waals surface area contributed by atoms with Crippen molar-refractivity contribution in [2.45, 2.75) is 0 Å². The molecule has 1 N–H and O–H groups in total. The van der Waals surface area contributed by atoms with Crippen molar-refractivity contribution in [2.75, 3.05) is 7.05 Å². The van der Waals surface area contributed by atoms with Gasteiger partial charge in [0.2, 0.25) is 0 Å². The van der Waals surface area contributed by atoms with Crippen molar-refractivity contribution < 1.29 is 4.79 Å². The molecule has 72 valence electrons. The molecule has 0 aliphatic rings. The maximum absolute atomic E-state index is 11.3. The van der Waals surface area contributed by atoms with E-state index in [1.165, 1.54) is 11.3 Å². The standard InChI is InChI=1S/C9H7ClN2OS/c1-11-9(13)7-4-5-6(14-7)2-3-12-8(5)10/h2-4H,1H3,(H,11,13). The summed E-state index contributed by atoms with van der Waals surface area (Å²) in [7, 11) is 1.60. The summed E-state index contributed by atoms with van der Waals surface area (Å²) in [6, 6.07) is 3.60. The summed E-state index contributed by atoms with van der Waals surface area (Å²) in [6.07, 6.45) is 1.63.